The summed E-state index contributed by atoms with van der Waals surface area (Å²) in [6, 6.07) is 0. The van der Waals surface area contributed by atoms with Crippen molar-refractivity contribution < 1.29 is 24.7 Å². The van der Waals surface area contributed by atoms with Gasteiger partial charge in [0.2, 0.25) is 5.91 Å². The minimum Gasteiger partial charge on any atom is -0.395 e. The third-order valence-electron chi connectivity index (χ3n) is 5.45. The quantitative estimate of drug-likeness (QED) is 0.141. The van der Waals surface area contributed by atoms with Gasteiger partial charge in [0.25, 0.3) is 0 Å². The second kappa shape index (κ2) is 28.6. The number of rotatable bonds is 23. The zero-order chi connectivity index (χ0) is 25.0. The van der Waals surface area contributed by atoms with Crippen LogP contribution in [0.4, 0.5) is 0 Å². The van der Waals surface area contributed by atoms with Crippen molar-refractivity contribution in [3.05, 3.63) is 4.91 Å². The average molecular weight is 477 g/mol. The molecule has 0 aromatic carbocycles. The van der Waals surface area contributed by atoms with Crippen molar-refractivity contribution in [1.29, 1.82) is 0 Å². The predicted molar refractivity (Wildman–Crippen MR) is 134 cm³/mol. The Labute approximate surface area is 203 Å². The van der Waals surface area contributed by atoms with Crippen LogP contribution in [-0.2, 0) is 14.5 Å². The van der Waals surface area contributed by atoms with Gasteiger partial charge in [0.15, 0.2) is 14.2 Å². The topological polar surface area (TPSA) is 91.1 Å². The van der Waals surface area contributed by atoms with Crippen LogP contribution in [0.25, 0.3) is 0 Å². The molecule has 0 aromatic heterocycles. The van der Waals surface area contributed by atoms with Crippen molar-refractivity contribution in [2.24, 2.45) is 0 Å². The highest BCUT2D eigenvalue weighted by molar-refractivity contribution is 5.75. The van der Waals surface area contributed by atoms with Gasteiger partial charge in [-0.3, -0.25) is 10.2 Å². The van der Waals surface area contributed by atoms with E-state index in [2.05, 4.69) is 28.9 Å². The molecule has 0 aromatic rings. The smallest absolute Gasteiger partial charge is 0.395 e. The van der Waals surface area contributed by atoms with E-state index in [0.717, 1.165) is 25.8 Å². The van der Waals surface area contributed by atoms with E-state index in [1.165, 1.54) is 97.7 Å². The van der Waals surface area contributed by atoms with Gasteiger partial charge in [0.1, 0.15) is 4.91 Å². The minimum atomic E-state index is 0. The number of hydrazine groups is 1. The number of hydrogen-bond donors (Lipinski definition) is 2. The van der Waals surface area contributed by atoms with Crippen LogP contribution in [-0.4, -0.2) is 55.0 Å². The molecule has 0 atom stereocenters. The lowest BCUT2D eigenvalue weighted by molar-refractivity contribution is -0.972. The Morgan fingerprint density at radius 1 is 0.727 bits per heavy atom. The second-order valence-corrected chi connectivity index (χ2v) is 8.53. The molecule has 0 rings (SSSR count). The zero-order valence-electron chi connectivity index (χ0n) is 22.1. The summed E-state index contributed by atoms with van der Waals surface area (Å²) in [6.07, 6.45) is 21.7. The number of hydrogen-bond acceptors (Lipinski definition) is 6. The summed E-state index contributed by atoms with van der Waals surface area (Å²) in [6.45, 7) is 5.74. The third-order valence-corrected chi connectivity index (χ3v) is 5.45. The first-order valence-electron chi connectivity index (χ1n) is 13.3. The molecule has 0 bridgehead atoms. The lowest BCUT2D eigenvalue weighted by Crippen LogP contribution is -2.44. The zero-order valence-corrected chi connectivity index (χ0v) is 22.1. The molecule has 0 aliphatic rings. The Balaban J connectivity index is 0. The number of aliphatic hydroxyl groups is 1. The van der Waals surface area contributed by atoms with Gasteiger partial charge < -0.3 is 5.11 Å². The Hall–Kier alpha value is -1.41. The maximum atomic E-state index is 11.9. The van der Waals surface area contributed by atoms with Crippen molar-refractivity contribution in [3.8, 4) is 0 Å². The fraction of sp³-hybridized carbons (Fsp3) is 0.960. The van der Waals surface area contributed by atoms with Crippen molar-refractivity contribution >= 4 is 5.91 Å². The molecule has 0 aliphatic carbocycles. The minimum absolute atomic E-state index is 0. The van der Waals surface area contributed by atoms with Crippen molar-refractivity contribution in [2.45, 2.75) is 123 Å². The molecule has 2 N–H and O–H groups in total. The molecule has 198 valence electrons. The molecule has 0 aliphatic heterocycles. The Morgan fingerprint density at radius 2 is 1.15 bits per heavy atom. The first kappa shape index (κ1) is 33.8. The van der Waals surface area contributed by atoms with Gasteiger partial charge in [0, 0.05) is 19.5 Å². The van der Waals surface area contributed by atoms with Crippen molar-refractivity contribution in [1.82, 2.24) is 10.4 Å². The molecule has 8 heteroatoms. The normalized spacial score (nSPS) is 10.5. The largest absolute Gasteiger partial charge is 0.476 e. The van der Waals surface area contributed by atoms with Gasteiger partial charge in [0.05, 0.1) is 6.61 Å². The van der Waals surface area contributed by atoms with Gasteiger partial charge in [-0.1, -0.05) is 104 Å². The molecule has 0 heterocycles. The van der Waals surface area contributed by atoms with Crippen LogP contribution in [0, 0.1) is 4.91 Å². The number of amides is 1. The number of nitrogens with zero attached hydrogens (tertiary/aromatic N) is 2. The molecular weight excluding hydrogens is 422 g/mol. The van der Waals surface area contributed by atoms with E-state index in [-0.39, 0.29) is 17.6 Å². The Kier molecular flexibility index (Phi) is 29.3. The molecule has 1 amide bonds. The fourth-order valence-corrected chi connectivity index (χ4v) is 3.58. The van der Waals surface area contributed by atoms with E-state index in [1.54, 1.807) is 0 Å². The lowest BCUT2D eigenvalue weighted by Gasteiger charge is -2.21. The summed E-state index contributed by atoms with van der Waals surface area (Å²) in [5.74, 6) is 0.0894. The molecule has 0 saturated carbocycles. The Bertz CT molecular complexity index is 413. The first-order valence-corrected chi connectivity index (χ1v) is 13.3. The Morgan fingerprint density at radius 3 is 1.48 bits per heavy atom. The van der Waals surface area contributed by atoms with Gasteiger partial charge in [-0.25, -0.2) is 5.01 Å². The van der Waals surface area contributed by atoms with Crippen LogP contribution in [0.3, 0.4) is 0 Å². The molecule has 0 spiro atoms. The average Bonchev–Trinajstić information content (AvgIpc) is 2.81. The van der Waals surface area contributed by atoms with Gasteiger partial charge in [-0.05, 0) is 12.8 Å². The van der Waals surface area contributed by atoms with E-state index >= 15 is 0 Å². The molecule has 0 saturated heterocycles. The maximum absolute atomic E-state index is 11.9. The summed E-state index contributed by atoms with van der Waals surface area (Å²) in [4.78, 5) is 29.5. The monoisotopic (exact) mass is 476 g/mol. The second-order valence-electron chi connectivity index (χ2n) is 8.53. The molecule has 0 radical (unpaired) electrons. The third kappa shape index (κ3) is 28.6. The van der Waals surface area contributed by atoms with Crippen molar-refractivity contribution in [3.63, 3.8) is 0 Å². The number of unbranched alkanes of at least 4 members (excludes halogenated alkanes) is 14. The van der Waals surface area contributed by atoms with Crippen molar-refractivity contribution in [2.75, 3.05) is 33.9 Å². The van der Waals surface area contributed by atoms with Crippen LogP contribution in [0.5, 0.6) is 0 Å². The standard InChI is InChI=1S/C23H48N2O2.C2H6NO3/c1-3-5-6-7-8-9-10-11-12-13-14-15-16-17-18-19-23(27)24-25(20-4-2)21-22-26;1-5-3(4)6-2/h26H,3-22H2,1-2H3,(H,24,27);1-2H3/q;+1. The van der Waals surface area contributed by atoms with E-state index in [9.17, 15) is 9.70 Å². The van der Waals surface area contributed by atoms with Gasteiger partial charge in [-0.2, -0.15) is 9.68 Å². The fourth-order valence-electron chi connectivity index (χ4n) is 3.58. The molecule has 8 nitrogen and oxygen atoms in total. The summed E-state index contributed by atoms with van der Waals surface area (Å²) in [7, 11) is 2.44. The molecule has 0 fully saturated rings. The van der Waals surface area contributed by atoms with E-state index < -0.39 is 0 Å². The van der Waals surface area contributed by atoms with Gasteiger partial charge >= 0.3 is 5.09 Å². The predicted octanol–water partition coefficient (Wildman–Crippen LogP) is 5.87. The van der Waals surface area contributed by atoms with Crippen LogP contribution in [0.1, 0.15) is 123 Å². The van der Waals surface area contributed by atoms with Gasteiger partial charge in [-0.15, -0.1) is 0 Å². The SMILES string of the molecule is CCCCCCCCCCCCCCCCCC(=O)NN(CCC)CCO.CO[N+](=O)OC. The molecule has 0 unspecified atom stereocenters. The molecule has 33 heavy (non-hydrogen) atoms. The van der Waals surface area contributed by atoms with Crippen LogP contribution in [0.15, 0.2) is 0 Å². The maximum Gasteiger partial charge on any atom is 0.476 e. The van der Waals surface area contributed by atoms with E-state index in [1.807, 2.05) is 5.01 Å². The van der Waals surface area contributed by atoms with Crippen LogP contribution in [0.2, 0.25) is 0 Å². The highest BCUT2D eigenvalue weighted by Gasteiger charge is 2.07. The summed E-state index contributed by atoms with van der Waals surface area (Å²) in [5.41, 5.74) is 2.90. The lowest BCUT2D eigenvalue weighted by atomic mass is 10.0. The number of carbonyl (C=O) groups excluding carboxylic acids is 1. The van der Waals surface area contributed by atoms with E-state index in [4.69, 9.17) is 5.11 Å². The number of carbonyl (C=O) groups is 1. The number of aliphatic hydroxyl groups excluding tert-OH is 1. The van der Waals surface area contributed by atoms with Crippen LogP contribution < -0.4 is 5.43 Å². The summed E-state index contributed by atoms with van der Waals surface area (Å²) >= 11 is 0. The number of nitrogens with one attached hydrogen (secondary N) is 1. The summed E-state index contributed by atoms with van der Waals surface area (Å²) in [5, 5.41) is 10.8. The van der Waals surface area contributed by atoms with Crippen LogP contribution >= 0.6 is 0 Å². The highest BCUT2D eigenvalue weighted by Crippen LogP contribution is 2.13. The molecular formula is C25H54N3O5+. The highest BCUT2D eigenvalue weighted by atomic mass is 17.0. The van der Waals surface area contributed by atoms with E-state index in [0.29, 0.717) is 13.0 Å². The summed E-state index contributed by atoms with van der Waals surface area (Å²) < 4.78 is 0. The first-order chi connectivity index (χ1) is 16.0.